The summed E-state index contributed by atoms with van der Waals surface area (Å²) in [6.45, 7) is 10.3. The van der Waals surface area contributed by atoms with Gasteiger partial charge in [-0.05, 0) is 31.6 Å². The Morgan fingerprint density at radius 3 is 2.27 bits per heavy atom. The predicted molar refractivity (Wildman–Crippen MR) is 86.3 cm³/mol. The van der Waals surface area contributed by atoms with Crippen molar-refractivity contribution in [3.8, 4) is 0 Å². The minimum atomic E-state index is -0.128. The fourth-order valence-corrected chi connectivity index (χ4v) is 4.14. The van der Waals surface area contributed by atoms with Crippen LogP contribution in [-0.2, 0) is 19.1 Å². The number of unbranched alkanes of at least 4 members (excludes halogenated alkanes) is 1. The molecule has 0 aromatic heterocycles. The first-order valence-corrected chi connectivity index (χ1v) is 8.41. The van der Waals surface area contributed by atoms with Gasteiger partial charge >= 0.3 is 11.9 Å². The lowest BCUT2D eigenvalue weighted by atomic mass is 9.70. The van der Waals surface area contributed by atoms with Crippen LogP contribution < -0.4 is 0 Å². The standard InChI is InChI=1S/C12H20O2.C6H12O2/c1-8(13)14-10-11(2,3)9-5-6-12(10,4)7-9;1-3-4-5-6(7)8-2/h9-10H,5-7H2,1-4H3;3-5H2,1-2H3. The van der Waals surface area contributed by atoms with E-state index in [0.717, 1.165) is 18.8 Å². The van der Waals surface area contributed by atoms with Crippen molar-refractivity contribution in [3.05, 3.63) is 0 Å². The van der Waals surface area contributed by atoms with Gasteiger partial charge < -0.3 is 9.47 Å². The molecule has 3 unspecified atom stereocenters. The number of ether oxygens (including phenoxy) is 2. The monoisotopic (exact) mass is 312 g/mol. The molecular weight excluding hydrogens is 280 g/mol. The first-order valence-electron chi connectivity index (χ1n) is 8.41. The highest BCUT2D eigenvalue weighted by atomic mass is 16.5. The van der Waals surface area contributed by atoms with Gasteiger partial charge in [0.1, 0.15) is 6.10 Å². The Kier molecular flexibility index (Phi) is 6.45. The molecule has 128 valence electrons. The van der Waals surface area contributed by atoms with E-state index in [1.54, 1.807) is 0 Å². The van der Waals surface area contributed by atoms with Crippen LogP contribution in [0, 0.1) is 16.7 Å². The van der Waals surface area contributed by atoms with Crippen LogP contribution in [0.25, 0.3) is 0 Å². The number of carbonyl (C=O) groups excluding carboxylic acids is 2. The number of hydrogen-bond donors (Lipinski definition) is 0. The Hall–Kier alpha value is -1.06. The van der Waals surface area contributed by atoms with Crippen molar-refractivity contribution in [2.45, 2.75) is 79.2 Å². The number of esters is 2. The normalized spacial score (nSPS) is 31.2. The molecule has 2 saturated carbocycles. The van der Waals surface area contributed by atoms with E-state index in [1.807, 2.05) is 6.92 Å². The molecule has 0 radical (unpaired) electrons. The second-order valence-corrected chi connectivity index (χ2v) is 7.58. The van der Waals surface area contributed by atoms with Gasteiger partial charge in [0, 0.05) is 24.2 Å². The first-order chi connectivity index (χ1) is 10.2. The summed E-state index contributed by atoms with van der Waals surface area (Å²) in [4.78, 5) is 21.4. The number of hydrogen-bond acceptors (Lipinski definition) is 4. The second-order valence-electron chi connectivity index (χ2n) is 7.58. The summed E-state index contributed by atoms with van der Waals surface area (Å²) in [7, 11) is 1.41. The van der Waals surface area contributed by atoms with Crippen LogP contribution in [0.3, 0.4) is 0 Å². The highest BCUT2D eigenvalue weighted by Crippen LogP contribution is 2.63. The Bertz CT molecular complexity index is 397. The highest BCUT2D eigenvalue weighted by Gasteiger charge is 2.61. The molecule has 0 aliphatic heterocycles. The van der Waals surface area contributed by atoms with Gasteiger partial charge in [-0.15, -0.1) is 0 Å². The van der Waals surface area contributed by atoms with Crippen molar-refractivity contribution >= 4 is 11.9 Å². The van der Waals surface area contributed by atoms with Gasteiger partial charge in [-0.2, -0.15) is 0 Å². The minimum absolute atomic E-state index is 0.105. The van der Waals surface area contributed by atoms with Crippen LogP contribution >= 0.6 is 0 Å². The summed E-state index contributed by atoms with van der Waals surface area (Å²) in [5.41, 5.74) is 0.429. The molecule has 0 aromatic carbocycles. The van der Waals surface area contributed by atoms with Crippen molar-refractivity contribution in [2.75, 3.05) is 7.11 Å². The van der Waals surface area contributed by atoms with Crippen molar-refractivity contribution < 1.29 is 19.1 Å². The van der Waals surface area contributed by atoms with Crippen LogP contribution in [0.15, 0.2) is 0 Å². The summed E-state index contributed by atoms with van der Waals surface area (Å²) in [6.07, 6.45) is 6.44. The number of fused-ring (bicyclic) bond motifs is 2. The van der Waals surface area contributed by atoms with E-state index in [0.29, 0.717) is 6.42 Å². The van der Waals surface area contributed by atoms with E-state index in [9.17, 15) is 9.59 Å². The Balaban J connectivity index is 0.000000261. The Labute approximate surface area is 134 Å². The SMILES string of the molecule is CC(=O)OC1C2(C)CCC(C2)C1(C)C.CCCCC(=O)OC. The zero-order chi connectivity index (χ0) is 17.0. The van der Waals surface area contributed by atoms with Gasteiger partial charge in [-0.25, -0.2) is 0 Å². The third-order valence-electron chi connectivity index (χ3n) is 5.38. The molecule has 0 aromatic rings. The van der Waals surface area contributed by atoms with Crippen LogP contribution in [0.4, 0.5) is 0 Å². The maximum absolute atomic E-state index is 11.1. The summed E-state index contributed by atoms with van der Waals surface area (Å²) < 4.78 is 9.94. The molecule has 2 aliphatic rings. The fourth-order valence-electron chi connectivity index (χ4n) is 4.14. The van der Waals surface area contributed by atoms with Crippen LogP contribution in [0.5, 0.6) is 0 Å². The maximum atomic E-state index is 11.1. The van der Waals surface area contributed by atoms with Crippen LogP contribution in [0.1, 0.15) is 73.1 Å². The third-order valence-corrected chi connectivity index (χ3v) is 5.38. The predicted octanol–water partition coefficient (Wildman–Crippen LogP) is 4.11. The molecule has 22 heavy (non-hydrogen) atoms. The number of methoxy groups -OCH3 is 1. The lowest BCUT2D eigenvalue weighted by molar-refractivity contribution is -0.161. The van der Waals surface area contributed by atoms with Gasteiger partial charge in [-0.3, -0.25) is 9.59 Å². The number of carbonyl (C=O) groups is 2. The van der Waals surface area contributed by atoms with E-state index in [-0.39, 0.29) is 28.9 Å². The van der Waals surface area contributed by atoms with Gasteiger partial charge in [0.05, 0.1) is 7.11 Å². The highest BCUT2D eigenvalue weighted by molar-refractivity contribution is 5.69. The van der Waals surface area contributed by atoms with Crippen molar-refractivity contribution in [2.24, 2.45) is 16.7 Å². The number of rotatable bonds is 4. The summed E-state index contributed by atoms with van der Waals surface area (Å²) in [5.74, 6) is 0.514. The average molecular weight is 312 g/mol. The van der Waals surface area contributed by atoms with E-state index >= 15 is 0 Å². The lowest BCUT2D eigenvalue weighted by Gasteiger charge is -2.41. The molecule has 3 atom stereocenters. The molecule has 0 saturated heterocycles. The van der Waals surface area contributed by atoms with Gasteiger partial charge in [0.25, 0.3) is 0 Å². The summed E-state index contributed by atoms with van der Waals surface area (Å²) in [6, 6.07) is 0. The van der Waals surface area contributed by atoms with E-state index in [4.69, 9.17) is 4.74 Å². The van der Waals surface area contributed by atoms with Crippen LogP contribution in [-0.4, -0.2) is 25.2 Å². The Morgan fingerprint density at radius 1 is 1.23 bits per heavy atom. The third kappa shape index (κ3) is 4.23. The molecule has 0 spiro atoms. The van der Waals surface area contributed by atoms with Crippen molar-refractivity contribution in [3.63, 3.8) is 0 Å². The zero-order valence-corrected chi connectivity index (χ0v) is 15.0. The summed E-state index contributed by atoms with van der Waals surface area (Å²) >= 11 is 0. The molecular formula is C18H32O4. The molecule has 2 fully saturated rings. The fraction of sp³-hybridized carbons (Fsp3) is 0.889. The smallest absolute Gasteiger partial charge is 0.305 e. The van der Waals surface area contributed by atoms with Crippen molar-refractivity contribution in [1.29, 1.82) is 0 Å². The van der Waals surface area contributed by atoms with Gasteiger partial charge in [0.15, 0.2) is 0 Å². The van der Waals surface area contributed by atoms with E-state index in [2.05, 4.69) is 25.5 Å². The molecule has 0 heterocycles. The molecule has 2 bridgehead atoms. The molecule has 4 nitrogen and oxygen atoms in total. The van der Waals surface area contributed by atoms with Crippen LogP contribution in [0.2, 0.25) is 0 Å². The Morgan fingerprint density at radius 2 is 1.86 bits per heavy atom. The zero-order valence-electron chi connectivity index (χ0n) is 15.0. The minimum Gasteiger partial charge on any atom is -0.469 e. The largest absolute Gasteiger partial charge is 0.469 e. The average Bonchev–Trinajstić information content (AvgIpc) is 2.92. The second kappa shape index (κ2) is 7.47. The molecule has 4 heteroatoms. The quantitative estimate of drug-likeness (QED) is 0.733. The van der Waals surface area contributed by atoms with Gasteiger partial charge in [-0.1, -0.05) is 34.1 Å². The van der Waals surface area contributed by atoms with E-state index < -0.39 is 0 Å². The molecule has 2 rings (SSSR count). The summed E-state index contributed by atoms with van der Waals surface area (Å²) in [5, 5.41) is 0. The van der Waals surface area contributed by atoms with Crippen molar-refractivity contribution in [1.82, 2.24) is 0 Å². The van der Waals surface area contributed by atoms with Gasteiger partial charge in [0.2, 0.25) is 0 Å². The molecule has 0 amide bonds. The molecule has 2 aliphatic carbocycles. The van der Waals surface area contributed by atoms with E-state index in [1.165, 1.54) is 33.3 Å². The topological polar surface area (TPSA) is 52.6 Å². The maximum Gasteiger partial charge on any atom is 0.305 e. The molecule has 0 N–H and O–H groups in total. The first kappa shape index (κ1) is 19.0. The lowest BCUT2D eigenvalue weighted by Crippen LogP contribution is -2.43.